The number of nitrogens with one attached hydrogen (secondary N) is 1. The van der Waals surface area contributed by atoms with Crippen LogP contribution in [0.25, 0.3) is 0 Å². The minimum absolute atomic E-state index is 0.0585. The molecule has 0 unspecified atom stereocenters. The lowest BCUT2D eigenvalue weighted by Gasteiger charge is -2.40. The van der Waals surface area contributed by atoms with Gasteiger partial charge in [0.05, 0.1) is 31.5 Å². The van der Waals surface area contributed by atoms with Crippen LogP contribution >= 0.6 is 0 Å². The van der Waals surface area contributed by atoms with E-state index >= 15 is 0 Å². The average molecular weight is 482 g/mol. The number of carbonyl (C=O) groups is 1. The molecule has 1 fully saturated rings. The molecule has 1 saturated carbocycles. The zero-order valence-electron chi connectivity index (χ0n) is 22.3. The lowest BCUT2D eigenvalue weighted by Crippen LogP contribution is -2.40. The fraction of sp³-hybridized carbons (Fsp3) is 0.586. The maximum Gasteiger partial charge on any atom is 0.306 e. The molecule has 0 amide bonds. The van der Waals surface area contributed by atoms with Gasteiger partial charge < -0.3 is 19.7 Å². The van der Waals surface area contributed by atoms with E-state index in [1.807, 2.05) is 18.3 Å². The zero-order chi connectivity index (χ0) is 25.4. The molecule has 0 saturated heterocycles. The maximum atomic E-state index is 11.9. The highest BCUT2D eigenvalue weighted by Gasteiger charge is 2.27. The van der Waals surface area contributed by atoms with Gasteiger partial charge in [0.2, 0.25) is 0 Å². The van der Waals surface area contributed by atoms with Gasteiger partial charge in [0.15, 0.2) is 0 Å². The summed E-state index contributed by atoms with van der Waals surface area (Å²) in [5, 5.41) is 3.60. The summed E-state index contributed by atoms with van der Waals surface area (Å²) in [5.74, 6) is 2.02. The van der Waals surface area contributed by atoms with Crippen LogP contribution in [0.1, 0.15) is 76.8 Å². The fourth-order valence-corrected chi connectivity index (χ4v) is 4.94. The lowest BCUT2D eigenvalue weighted by molar-refractivity contribution is -0.140. The number of nitrogens with zero attached hydrogens (tertiary/aromatic N) is 2. The molecule has 192 valence electrons. The van der Waals surface area contributed by atoms with Crippen LogP contribution in [0.4, 0.5) is 17.2 Å². The summed E-state index contributed by atoms with van der Waals surface area (Å²) in [6, 6.07) is 11.2. The molecule has 1 N–H and O–H groups in total. The number of ether oxygens (including phenoxy) is 2. The molecule has 1 heterocycles. The number of benzene rings is 1. The molecule has 35 heavy (non-hydrogen) atoms. The number of rotatable bonds is 11. The third-order valence-electron chi connectivity index (χ3n) is 6.99. The van der Waals surface area contributed by atoms with Crippen molar-refractivity contribution in [3.05, 3.63) is 47.7 Å². The second-order valence-corrected chi connectivity index (χ2v) is 10.5. The van der Waals surface area contributed by atoms with Crippen molar-refractivity contribution in [1.29, 1.82) is 0 Å². The van der Waals surface area contributed by atoms with Crippen LogP contribution in [0.5, 0.6) is 0 Å². The Bertz CT molecular complexity index is 937. The van der Waals surface area contributed by atoms with Gasteiger partial charge in [-0.2, -0.15) is 0 Å². The highest BCUT2D eigenvalue weighted by molar-refractivity contribution is 5.76. The number of hydrogen-bond donors (Lipinski definition) is 1. The van der Waals surface area contributed by atoms with Gasteiger partial charge in [-0.3, -0.25) is 4.79 Å². The SMILES string of the molecule is COCc1ccc(Nc2cc([C@H](C)CC(=O)OC)ccc2N(CC(C)C)[C@H]2CC[C@@H](C)CC2)nc1. The van der Waals surface area contributed by atoms with Gasteiger partial charge in [-0.1, -0.05) is 39.8 Å². The van der Waals surface area contributed by atoms with E-state index in [0.29, 0.717) is 25.0 Å². The Morgan fingerprint density at radius 3 is 2.46 bits per heavy atom. The summed E-state index contributed by atoms with van der Waals surface area (Å²) in [6.45, 7) is 10.6. The van der Waals surface area contributed by atoms with Gasteiger partial charge in [-0.25, -0.2) is 4.98 Å². The summed E-state index contributed by atoms with van der Waals surface area (Å²) >= 11 is 0. The summed E-state index contributed by atoms with van der Waals surface area (Å²) < 4.78 is 10.1. The minimum Gasteiger partial charge on any atom is -0.469 e. The number of aromatic nitrogens is 1. The normalized spacial score (nSPS) is 18.8. The monoisotopic (exact) mass is 481 g/mol. The predicted octanol–water partition coefficient (Wildman–Crippen LogP) is 6.68. The summed E-state index contributed by atoms with van der Waals surface area (Å²) in [5.41, 5.74) is 4.39. The smallest absolute Gasteiger partial charge is 0.306 e. The van der Waals surface area contributed by atoms with Crippen LogP contribution in [0.2, 0.25) is 0 Å². The van der Waals surface area contributed by atoms with Crippen molar-refractivity contribution >= 4 is 23.2 Å². The number of carbonyl (C=O) groups excluding carboxylic acids is 1. The first-order valence-corrected chi connectivity index (χ1v) is 13.0. The molecule has 1 aliphatic carbocycles. The Morgan fingerprint density at radius 2 is 1.86 bits per heavy atom. The van der Waals surface area contributed by atoms with Gasteiger partial charge in [0.1, 0.15) is 5.82 Å². The minimum atomic E-state index is -0.191. The van der Waals surface area contributed by atoms with Gasteiger partial charge in [-0.05, 0) is 72.8 Å². The second-order valence-electron chi connectivity index (χ2n) is 10.5. The lowest BCUT2D eigenvalue weighted by atomic mass is 9.86. The topological polar surface area (TPSA) is 63.7 Å². The largest absolute Gasteiger partial charge is 0.469 e. The third-order valence-corrected chi connectivity index (χ3v) is 6.99. The molecule has 0 spiro atoms. The molecular weight excluding hydrogens is 438 g/mol. The van der Waals surface area contributed by atoms with Gasteiger partial charge in [-0.15, -0.1) is 0 Å². The van der Waals surface area contributed by atoms with Crippen LogP contribution in [-0.4, -0.2) is 37.8 Å². The van der Waals surface area contributed by atoms with Crippen molar-refractivity contribution in [2.24, 2.45) is 11.8 Å². The molecule has 1 aromatic heterocycles. The Balaban J connectivity index is 1.97. The van der Waals surface area contributed by atoms with E-state index < -0.39 is 0 Å². The first-order valence-electron chi connectivity index (χ1n) is 13.0. The van der Waals surface area contributed by atoms with Crippen LogP contribution < -0.4 is 10.2 Å². The first kappa shape index (κ1) is 27.0. The van der Waals surface area contributed by atoms with Crippen LogP contribution in [-0.2, 0) is 20.9 Å². The Labute approximate surface area is 211 Å². The molecule has 1 aliphatic rings. The fourth-order valence-electron chi connectivity index (χ4n) is 4.94. The summed E-state index contributed by atoms with van der Waals surface area (Å²) in [6.07, 6.45) is 7.20. The van der Waals surface area contributed by atoms with Gasteiger partial charge in [0, 0.05) is 25.9 Å². The maximum absolute atomic E-state index is 11.9. The van der Waals surface area contributed by atoms with E-state index in [2.05, 4.69) is 61.1 Å². The molecule has 1 aromatic carbocycles. The standard InChI is InChI=1S/C29H43N3O3/c1-20(2)18-32(25-11-7-21(3)8-12-25)27-13-10-24(22(4)15-29(33)35-6)16-26(27)31-28-14-9-23(17-30-28)19-34-5/h9-10,13-14,16-17,20-22,25H,7-8,11-12,15,18-19H2,1-6H3,(H,30,31)/t21-,22-,25+/m1/s1. The number of anilines is 3. The highest BCUT2D eigenvalue weighted by atomic mass is 16.5. The molecule has 6 nitrogen and oxygen atoms in total. The van der Waals surface area contributed by atoms with Crippen molar-refractivity contribution in [3.63, 3.8) is 0 Å². The molecule has 2 aromatic rings. The van der Waals surface area contributed by atoms with E-state index in [4.69, 9.17) is 9.47 Å². The Morgan fingerprint density at radius 1 is 1.11 bits per heavy atom. The van der Waals surface area contributed by atoms with Crippen molar-refractivity contribution in [2.45, 2.75) is 78.4 Å². The molecule has 0 radical (unpaired) electrons. The molecule has 1 atom stereocenters. The zero-order valence-corrected chi connectivity index (χ0v) is 22.3. The Kier molecular flexibility index (Phi) is 9.96. The predicted molar refractivity (Wildman–Crippen MR) is 143 cm³/mol. The third kappa shape index (κ3) is 7.69. The van der Waals surface area contributed by atoms with Crippen molar-refractivity contribution < 1.29 is 14.3 Å². The van der Waals surface area contributed by atoms with Crippen molar-refractivity contribution in [2.75, 3.05) is 31.0 Å². The summed E-state index contributed by atoms with van der Waals surface area (Å²) in [7, 11) is 3.13. The van der Waals surface area contributed by atoms with Crippen LogP contribution in [0.15, 0.2) is 36.5 Å². The molecule has 0 bridgehead atoms. The van der Waals surface area contributed by atoms with Gasteiger partial charge >= 0.3 is 5.97 Å². The van der Waals surface area contributed by atoms with E-state index in [1.165, 1.54) is 38.5 Å². The van der Waals surface area contributed by atoms with Gasteiger partial charge in [0.25, 0.3) is 0 Å². The first-order chi connectivity index (χ1) is 16.8. The van der Waals surface area contributed by atoms with E-state index in [-0.39, 0.29) is 11.9 Å². The number of esters is 1. The highest BCUT2D eigenvalue weighted by Crippen LogP contribution is 2.38. The average Bonchev–Trinajstić information content (AvgIpc) is 2.84. The summed E-state index contributed by atoms with van der Waals surface area (Å²) in [4.78, 5) is 19.2. The number of hydrogen-bond acceptors (Lipinski definition) is 6. The van der Waals surface area contributed by atoms with E-state index in [1.54, 1.807) is 7.11 Å². The number of pyridine rings is 1. The van der Waals surface area contributed by atoms with Crippen LogP contribution in [0.3, 0.4) is 0 Å². The molecular formula is C29H43N3O3. The molecule has 0 aliphatic heterocycles. The second kappa shape index (κ2) is 12.9. The molecule has 6 heteroatoms. The van der Waals surface area contributed by atoms with Crippen LogP contribution in [0, 0.1) is 11.8 Å². The van der Waals surface area contributed by atoms with Crippen molar-refractivity contribution in [3.8, 4) is 0 Å². The number of methoxy groups -OCH3 is 2. The van der Waals surface area contributed by atoms with Crippen molar-refractivity contribution in [1.82, 2.24) is 4.98 Å². The van der Waals surface area contributed by atoms with E-state index in [0.717, 1.165) is 35.1 Å². The van der Waals surface area contributed by atoms with E-state index in [9.17, 15) is 4.79 Å². The molecule has 3 rings (SSSR count). The Hall–Kier alpha value is -2.60. The quantitative estimate of drug-likeness (QED) is 0.361.